The minimum Gasteiger partial charge on any atom is -0.381 e. The number of H-pyrrole nitrogens is 1. The molecule has 0 atom stereocenters. The van der Waals surface area contributed by atoms with E-state index in [1.54, 1.807) is 7.11 Å². The summed E-state index contributed by atoms with van der Waals surface area (Å²) >= 11 is 5.36. The molecule has 0 aromatic carbocycles. The van der Waals surface area contributed by atoms with Crippen LogP contribution in [0.25, 0.3) is 0 Å². The van der Waals surface area contributed by atoms with Crippen molar-refractivity contribution in [3.8, 4) is 0 Å². The molecule has 0 bridgehead atoms. The summed E-state index contributed by atoms with van der Waals surface area (Å²) in [4.78, 5) is 3.16. The van der Waals surface area contributed by atoms with Gasteiger partial charge in [-0.2, -0.15) is 0 Å². The maximum absolute atomic E-state index is 5.36. The van der Waals surface area contributed by atoms with Crippen LogP contribution in [0.15, 0.2) is 6.20 Å². The molecule has 1 saturated carbocycles. The Morgan fingerprint density at radius 1 is 1.44 bits per heavy atom. The fourth-order valence-electron chi connectivity index (χ4n) is 2.26. The summed E-state index contributed by atoms with van der Waals surface area (Å²) in [5.41, 5.74) is 1.42. The number of aromatic nitrogens is 2. The maximum atomic E-state index is 5.36. The lowest BCUT2D eigenvalue weighted by molar-refractivity contribution is 0.00438. The normalized spacial score (nSPS) is 25.5. The Balaban J connectivity index is 2.28. The molecule has 1 aliphatic rings. The molecule has 1 aliphatic carbocycles. The van der Waals surface area contributed by atoms with Crippen molar-refractivity contribution in [2.75, 3.05) is 7.11 Å². The lowest BCUT2D eigenvalue weighted by Crippen LogP contribution is -2.34. The Bertz CT molecular complexity index is 421. The van der Waals surface area contributed by atoms with Crippen molar-refractivity contribution in [2.24, 2.45) is 0 Å². The van der Waals surface area contributed by atoms with Gasteiger partial charge in [-0.25, -0.2) is 0 Å². The predicted molar refractivity (Wildman–Crippen MR) is 67.4 cm³/mol. The van der Waals surface area contributed by atoms with Gasteiger partial charge in [0.15, 0.2) is 4.77 Å². The van der Waals surface area contributed by atoms with Crippen LogP contribution in [0.2, 0.25) is 0 Å². The minimum absolute atomic E-state index is 0.131. The number of imidazole rings is 1. The molecule has 0 aliphatic heterocycles. The van der Waals surface area contributed by atoms with Gasteiger partial charge in [0.2, 0.25) is 0 Å². The van der Waals surface area contributed by atoms with Crippen LogP contribution in [0.4, 0.5) is 0 Å². The van der Waals surface area contributed by atoms with E-state index in [-0.39, 0.29) is 5.41 Å². The van der Waals surface area contributed by atoms with Crippen molar-refractivity contribution in [1.82, 2.24) is 9.55 Å². The Labute approximate surface area is 102 Å². The van der Waals surface area contributed by atoms with Gasteiger partial charge in [0.1, 0.15) is 0 Å². The van der Waals surface area contributed by atoms with Crippen LogP contribution >= 0.6 is 12.2 Å². The maximum Gasteiger partial charge on any atom is 0.177 e. The summed E-state index contributed by atoms with van der Waals surface area (Å²) in [5, 5.41) is 0. The van der Waals surface area contributed by atoms with Gasteiger partial charge in [0.25, 0.3) is 0 Å². The van der Waals surface area contributed by atoms with Crippen molar-refractivity contribution in [3.05, 3.63) is 16.7 Å². The zero-order chi connectivity index (χ0) is 11.9. The molecule has 1 fully saturated rings. The second kappa shape index (κ2) is 4.00. The highest BCUT2D eigenvalue weighted by atomic mass is 32.1. The summed E-state index contributed by atoms with van der Waals surface area (Å²) in [7, 11) is 1.78. The van der Waals surface area contributed by atoms with Crippen LogP contribution in [0.1, 0.15) is 45.3 Å². The number of hydrogen-bond donors (Lipinski definition) is 1. The standard InChI is InChI=1S/C12H20N2OS/c1-12(2,3)10-7-13-11(16)14(10)8-5-9(6-8)15-4/h7-9H,5-6H2,1-4H3,(H,13,16). The van der Waals surface area contributed by atoms with E-state index in [9.17, 15) is 0 Å². The van der Waals surface area contributed by atoms with E-state index < -0.39 is 0 Å². The summed E-state index contributed by atoms with van der Waals surface area (Å²) in [6.45, 7) is 6.65. The summed E-state index contributed by atoms with van der Waals surface area (Å²) in [6, 6.07) is 0.512. The Hall–Kier alpha value is -0.610. The lowest BCUT2D eigenvalue weighted by Gasteiger charge is -2.37. The third kappa shape index (κ3) is 1.96. The number of nitrogens with zero attached hydrogens (tertiary/aromatic N) is 1. The minimum atomic E-state index is 0.131. The van der Waals surface area contributed by atoms with Crippen LogP contribution in [0.5, 0.6) is 0 Å². The van der Waals surface area contributed by atoms with Gasteiger partial charge in [0, 0.05) is 30.5 Å². The van der Waals surface area contributed by atoms with Crippen LogP contribution in [0, 0.1) is 4.77 Å². The summed E-state index contributed by atoms with van der Waals surface area (Å²) in [5.74, 6) is 0. The fraction of sp³-hybridized carbons (Fsp3) is 0.750. The van der Waals surface area contributed by atoms with E-state index >= 15 is 0 Å². The first kappa shape index (κ1) is 11.9. The Kier molecular flexibility index (Phi) is 2.97. The highest BCUT2D eigenvalue weighted by Crippen LogP contribution is 2.37. The number of nitrogens with one attached hydrogen (secondary N) is 1. The molecule has 1 heterocycles. The van der Waals surface area contributed by atoms with Gasteiger partial charge in [-0.05, 0) is 25.1 Å². The van der Waals surface area contributed by atoms with Crippen molar-refractivity contribution in [2.45, 2.75) is 51.2 Å². The molecule has 0 saturated heterocycles. The van der Waals surface area contributed by atoms with Gasteiger partial charge in [0.05, 0.1) is 6.10 Å². The van der Waals surface area contributed by atoms with E-state index in [4.69, 9.17) is 17.0 Å². The third-order valence-corrected chi connectivity index (χ3v) is 3.66. The van der Waals surface area contributed by atoms with Gasteiger partial charge in [-0.1, -0.05) is 20.8 Å². The Morgan fingerprint density at radius 3 is 2.56 bits per heavy atom. The monoisotopic (exact) mass is 240 g/mol. The predicted octanol–water partition coefficient (Wildman–Crippen LogP) is 3.19. The van der Waals surface area contributed by atoms with Crippen molar-refractivity contribution < 1.29 is 4.74 Å². The van der Waals surface area contributed by atoms with Crippen molar-refractivity contribution in [3.63, 3.8) is 0 Å². The first-order valence-corrected chi connectivity index (χ1v) is 6.17. The molecule has 0 amide bonds. The smallest absolute Gasteiger partial charge is 0.177 e. The molecular formula is C12H20N2OS. The molecule has 0 radical (unpaired) electrons. The molecule has 90 valence electrons. The molecule has 2 rings (SSSR count). The first-order chi connectivity index (χ1) is 7.43. The van der Waals surface area contributed by atoms with E-state index in [1.165, 1.54) is 5.69 Å². The topological polar surface area (TPSA) is 29.9 Å². The molecule has 16 heavy (non-hydrogen) atoms. The van der Waals surface area contributed by atoms with Crippen molar-refractivity contribution in [1.29, 1.82) is 0 Å². The molecular weight excluding hydrogens is 220 g/mol. The SMILES string of the molecule is COC1CC(n2c(C(C)(C)C)c[nH]c2=S)C1. The van der Waals surface area contributed by atoms with E-state index in [2.05, 4.69) is 30.3 Å². The average Bonchev–Trinajstić information content (AvgIpc) is 2.46. The third-order valence-electron chi connectivity index (χ3n) is 3.35. The average molecular weight is 240 g/mol. The highest BCUT2D eigenvalue weighted by Gasteiger charge is 2.33. The lowest BCUT2D eigenvalue weighted by atomic mass is 9.86. The van der Waals surface area contributed by atoms with Crippen LogP contribution in [0.3, 0.4) is 0 Å². The largest absolute Gasteiger partial charge is 0.381 e. The van der Waals surface area contributed by atoms with Gasteiger partial charge < -0.3 is 14.3 Å². The second-order valence-corrected chi connectivity index (χ2v) is 5.97. The number of ether oxygens (including phenoxy) is 1. The first-order valence-electron chi connectivity index (χ1n) is 5.76. The summed E-state index contributed by atoms with van der Waals surface area (Å²) in [6.07, 6.45) is 4.61. The number of rotatable bonds is 2. The van der Waals surface area contributed by atoms with Crippen LogP contribution in [-0.2, 0) is 10.2 Å². The quantitative estimate of drug-likeness (QED) is 0.805. The Morgan fingerprint density at radius 2 is 2.06 bits per heavy atom. The molecule has 0 unspecified atom stereocenters. The van der Waals surface area contributed by atoms with E-state index in [0.29, 0.717) is 12.1 Å². The highest BCUT2D eigenvalue weighted by molar-refractivity contribution is 7.71. The van der Waals surface area contributed by atoms with Crippen LogP contribution in [-0.4, -0.2) is 22.8 Å². The van der Waals surface area contributed by atoms with E-state index in [0.717, 1.165) is 17.6 Å². The zero-order valence-electron chi connectivity index (χ0n) is 10.4. The fourth-order valence-corrected chi connectivity index (χ4v) is 2.57. The second-order valence-electron chi connectivity index (χ2n) is 5.58. The summed E-state index contributed by atoms with van der Waals surface area (Å²) < 4.78 is 8.43. The number of hydrogen-bond acceptors (Lipinski definition) is 2. The van der Waals surface area contributed by atoms with Gasteiger partial charge in [-0.15, -0.1) is 0 Å². The molecule has 1 aromatic heterocycles. The van der Waals surface area contributed by atoms with Gasteiger partial charge >= 0.3 is 0 Å². The van der Waals surface area contributed by atoms with Crippen LogP contribution < -0.4 is 0 Å². The molecule has 1 N–H and O–H groups in total. The molecule has 1 aromatic rings. The van der Waals surface area contributed by atoms with Crippen molar-refractivity contribution >= 4 is 12.2 Å². The molecule has 3 nitrogen and oxygen atoms in total. The van der Waals surface area contributed by atoms with Gasteiger partial charge in [-0.3, -0.25) is 0 Å². The molecule has 0 spiro atoms. The van der Waals surface area contributed by atoms with E-state index in [1.807, 2.05) is 6.20 Å². The molecule has 4 heteroatoms. The zero-order valence-corrected chi connectivity index (χ0v) is 11.2. The number of methoxy groups -OCH3 is 1. The number of aromatic amines is 1.